The summed E-state index contributed by atoms with van der Waals surface area (Å²) in [4.78, 5) is 16.8. The van der Waals surface area contributed by atoms with Crippen LogP contribution in [0.3, 0.4) is 0 Å². The van der Waals surface area contributed by atoms with Crippen LogP contribution in [-0.4, -0.2) is 30.5 Å². The molecule has 0 unspecified atom stereocenters. The van der Waals surface area contributed by atoms with Gasteiger partial charge in [0.05, 0.1) is 6.26 Å². The van der Waals surface area contributed by atoms with Crippen molar-refractivity contribution in [3.8, 4) is 0 Å². The molecule has 124 valence electrons. The summed E-state index contributed by atoms with van der Waals surface area (Å²) in [6.07, 6.45) is 3.93. The fourth-order valence-corrected chi connectivity index (χ4v) is 2.69. The van der Waals surface area contributed by atoms with Crippen LogP contribution in [0.4, 0.5) is 0 Å². The van der Waals surface area contributed by atoms with Crippen LogP contribution in [0.25, 0.3) is 16.5 Å². The van der Waals surface area contributed by atoms with Gasteiger partial charge in [0.15, 0.2) is 0 Å². The first-order chi connectivity index (χ1) is 11.4. The van der Waals surface area contributed by atoms with Crippen LogP contribution in [0.1, 0.15) is 22.5 Å². The number of fused-ring (bicyclic) bond motifs is 1. The van der Waals surface area contributed by atoms with E-state index in [1.807, 2.05) is 52.2 Å². The number of benzene rings is 1. The maximum atomic E-state index is 11.8. The van der Waals surface area contributed by atoms with Gasteiger partial charge < -0.3 is 14.3 Å². The molecule has 4 heteroatoms. The molecule has 3 rings (SSSR count). The van der Waals surface area contributed by atoms with Gasteiger partial charge >= 0.3 is 0 Å². The van der Waals surface area contributed by atoms with E-state index < -0.39 is 0 Å². The predicted molar refractivity (Wildman–Crippen MR) is 98.4 cm³/mol. The van der Waals surface area contributed by atoms with E-state index in [0.717, 1.165) is 39.9 Å². The molecule has 0 amide bonds. The summed E-state index contributed by atoms with van der Waals surface area (Å²) in [7, 11) is 4.08. The SMILES string of the molecule is Cc1coc(/C(=C\CN(C)C)c2ccc3[nH]c(=O)c(C)cc3c2)c1. The zero-order chi connectivity index (χ0) is 17.3. The third-order valence-electron chi connectivity index (χ3n) is 4.00. The maximum Gasteiger partial charge on any atom is 0.251 e. The number of aryl methyl sites for hydroxylation is 2. The van der Waals surface area contributed by atoms with Crippen molar-refractivity contribution < 1.29 is 4.42 Å². The summed E-state index contributed by atoms with van der Waals surface area (Å²) in [5, 5.41) is 1.02. The normalized spacial score (nSPS) is 12.3. The van der Waals surface area contributed by atoms with Crippen LogP contribution in [-0.2, 0) is 0 Å². The van der Waals surface area contributed by atoms with Crippen LogP contribution in [0, 0.1) is 13.8 Å². The Labute approximate surface area is 141 Å². The van der Waals surface area contributed by atoms with Gasteiger partial charge in [-0.2, -0.15) is 0 Å². The van der Waals surface area contributed by atoms with Gasteiger partial charge in [0.2, 0.25) is 0 Å². The highest BCUT2D eigenvalue weighted by Crippen LogP contribution is 2.27. The van der Waals surface area contributed by atoms with Crippen LogP contribution < -0.4 is 5.56 Å². The number of aromatic amines is 1. The van der Waals surface area contributed by atoms with Gasteiger partial charge in [-0.3, -0.25) is 4.79 Å². The maximum absolute atomic E-state index is 11.8. The minimum Gasteiger partial charge on any atom is -0.464 e. The molecule has 0 saturated carbocycles. The molecule has 24 heavy (non-hydrogen) atoms. The van der Waals surface area contributed by atoms with Crippen molar-refractivity contribution >= 4 is 16.5 Å². The van der Waals surface area contributed by atoms with Crippen molar-refractivity contribution in [1.82, 2.24) is 9.88 Å². The Hall–Kier alpha value is -2.59. The summed E-state index contributed by atoms with van der Waals surface area (Å²) in [6, 6.07) is 10.0. The molecular formula is C20H22N2O2. The van der Waals surface area contributed by atoms with Crippen molar-refractivity contribution in [3.63, 3.8) is 0 Å². The second-order valence-electron chi connectivity index (χ2n) is 6.45. The Morgan fingerprint density at radius 2 is 2.00 bits per heavy atom. The lowest BCUT2D eigenvalue weighted by molar-refractivity contribution is 0.456. The summed E-state index contributed by atoms with van der Waals surface area (Å²) in [6.45, 7) is 4.66. The molecule has 0 saturated heterocycles. The van der Waals surface area contributed by atoms with E-state index in [4.69, 9.17) is 4.42 Å². The van der Waals surface area contributed by atoms with Crippen molar-refractivity contribution in [1.29, 1.82) is 0 Å². The molecule has 0 aliphatic rings. The number of likely N-dealkylation sites (N-methyl/N-ethyl adjacent to an activating group) is 1. The van der Waals surface area contributed by atoms with Gasteiger partial charge in [-0.25, -0.2) is 0 Å². The molecule has 0 radical (unpaired) electrons. The number of hydrogen-bond donors (Lipinski definition) is 1. The minimum atomic E-state index is -0.0414. The first-order valence-electron chi connectivity index (χ1n) is 7.98. The van der Waals surface area contributed by atoms with E-state index in [0.29, 0.717) is 5.56 Å². The highest BCUT2D eigenvalue weighted by Gasteiger charge is 2.11. The van der Waals surface area contributed by atoms with Crippen LogP contribution in [0.5, 0.6) is 0 Å². The second kappa shape index (κ2) is 6.49. The number of hydrogen-bond acceptors (Lipinski definition) is 3. The largest absolute Gasteiger partial charge is 0.464 e. The number of nitrogens with one attached hydrogen (secondary N) is 1. The molecule has 0 fully saturated rings. The predicted octanol–water partition coefficient (Wildman–Crippen LogP) is 3.73. The Kier molecular flexibility index (Phi) is 4.40. The van der Waals surface area contributed by atoms with Gasteiger partial charge in [-0.05, 0) is 68.7 Å². The van der Waals surface area contributed by atoms with Gasteiger partial charge in [0.25, 0.3) is 5.56 Å². The molecule has 3 aromatic rings. The summed E-state index contributed by atoms with van der Waals surface area (Å²) in [5.74, 6) is 0.856. The number of H-pyrrole nitrogens is 1. The van der Waals surface area contributed by atoms with Gasteiger partial charge in [0, 0.05) is 23.2 Å². The molecule has 4 nitrogen and oxygen atoms in total. The molecule has 2 aromatic heterocycles. The zero-order valence-corrected chi connectivity index (χ0v) is 14.5. The molecule has 0 bridgehead atoms. The zero-order valence-electron chi connectivity index (χ0n) is 14.5. The quantitative estimate of drug-likeness (QED) is 0.796. The lowest BCUT2D eigenvalue weighted by Gasteiger charge is -2.10. The topological polar surface area (TPSA) is 49.2 Å². The average molecular weight is 322 g/mol. The highest BCUT2D eigenvalue weighted by molar-refractivity contribution is 5.87. The van der Waals surface area contributed by atoms with Crippen molar-refractivity contribution in [2.45, 2.75) is 13.8 Å². The number of rotatable bonds is 4. The molecule has 0 aliphatic carbocycles. The van der Waals surface area contributed by atoms with Crippen molar-refractivity contribution in [3.05, 3.63) is 75.5 Å². The van der Waals surface area contributed by atoms with E-state index in [2.05, 4.69) is 22.0 Å². The smallest absolute Gasteiger partial charge is 0.251 e. The van der Waals surface area contributed by atoms with Gasteiger partial charge in [-0.15, -0.1) is 0 Å². The van der Waals surface area contributed by atoms with Gasteiger partial charge in [-0.1, -0.05) is 12.1 Å². The Balaban J connectivity index is 2.13. The van der Waals surface area contributed by atoms with Crippen LogP contribution >= 0.6 is 0 Å². The number of aromatic nitrogens is 1. The van der Waals surface area contributed by atoms with E-state index >= 15 is 0 Å². The molecule has 0 spiro atoms. The molecule has 0 aliphatic heterocycles. The Morgan fingerprint density at radius 1 is 1.21 bits per heavy atom. The molecular weight excluding hydrogens is 300 g/mol. The first-order valence-corrected chi connectivity index (χ1v) is 7.98. The summed E-state index contributed by atoms with van der Waals surface area (Å²) < 4.78 is 5.72. The van der Waals surface area contributed by atoms with Crippen LogP contribution in [0.2, 0.25) is 0 Å². The number of pyridine rings is 1. The molecule has 1 N–H and O–H groups in total. The summed E-state index contributed by atoms with van der Waals surface area (Å²) >= 11 is 0. The first kappa shape index (κ1) is 16.3. The van der Waals surface area contributed by atoms with Gasteiger partial charge in [0.1, 0.15) is 5.76 Å². The van der Waals surface area contributed by atoms with E-state index in [9.17, 15) is 4.79 Å². The molecule has 0 atom stereocenters. The Bertz CT molecular complexity index is 961. The monoisotopic (exact) mass is 322 g/mol. The fraction of sp³-hybridized carbons (Fsp3) is 0.250. The minimum absolute atomic E-state index is 0.0414. The third kappa shape index (κ3) is 3.34. The van der Waals surface area contributed by atoms with E-state index in [-0.39, 0.29) is 5.56 Å². The number of nitrogens with zero attached hydrogens (tertiary/aromatic N) is 1. The summed E-state index contributed by atoms with van der Waals surface area (Å²) in [5.41, 5.74) is 4.75. The third-order valence-corrected chi connectivity index (χ3v) is 4.00. The van der Waals surface area contributed by atoms with Crippen molar-refractivity contribution in [2.24, 2.45) is 0 Å². The Morgan fingerprint density at radius 3 is 2.67 bits per heavy atom. The number of furan rings is 1. The average Bonchev–Trinajstić information content (AvgIpc) is 2.95. The highest BCUT2D eigenvalue weighted by atomic mass is 16.3. The lowest BCUT2D eigenvalue weighted by Crippen LogP contribution is -2.11. The van der Waals surface area contributed by atoms with Crippen molar-refractivity contribution in [2.75, 3.05) is 20.6 Å². The van der Waals surface area contributed by atoms with E-state index in [1.54, 1.807) is 6.26 Å². The van der Waals surface area contributed by atoms with E-state index in [1.165, 1.54) is 0 Å². The van der Waals surface area contributed by atoms with Crippen LogP contribution in [0.15, 0.2) is 51.9 Å². The second-order valence-corrected chi connectivity index (χ2v) is 6.45. The fourth-order valence-electron chi connectivity index (χ4n) is 2.69. The molecule has 1 aromatic carbocycles. The standard InChI is InChI=1S/C20H22N2O2/c1-13-9-19(24-12-13)17(7-8-22(3)4)15-5-6-18-16(11-15)10-14(2)20(23)21-18/h5-7,9-12H,8H2,1-4H3,(H,21,23)/b17-7-. The lowest BCUT2D eigenvalue weighted by atomic mass is 10.00. The molecule has 2 heterocycles.